The van der Waals surface area contributed by atoms with Gasteiger partial charge in [0.1, 0.15) is 0 Å². The van der Waals surface area contributed by atoms with Crippen molar-refractivity contribution >= 4 is 69.5 Å². The predicted octanol–water partition coefficient (Wildman–Crippen LogP) is 6.50. The van der Waals surface area contributed by atoms with Gasteiger partial charge >= 0.3 is 0 Å². The Kier molecular flexibility index (Phi) is 6.25. The van der Waals surface area contributed by atoms with Crippen molar-refractivity contribution in [2.75, 3.05) is 11.1 Å². The van der Waals surface area contributed by atoms with E-state index in [1.807, 2.05) is 29.6 Å². The first kappa shape index (κ1) is 18.5. The zero-order valence-electron chi connectivity index (χ0n) is 12.6. The lowest BCUT2D eigenvalue weighted by Crippen LogP contribution is -2.13. The molecule has 2 aromatic carbocycles. The van der Waals surface area contributed by atoms with Crippen LogP contribution in [0.5, 0.6) is 0 Å². The van der Waals surface area contributed by atoms with Gasteiger partial charge in [-0.1, -0.05) is 58.7 Å². The van der Waals surface area contributed by atoms with Crippen molar-refractivity contribution in [1.82, 2.24) is 4.98 Å². The van der Waals surface area contributed by atoms with Crippen LogP contribution in [0.3, 0.4) is 0 Å². The van der Waals surface area contributed by atoms with E-state index in [-0.39, 0.29) is 11.7 Å². The van der Waals surface area contributed by atoms with E-state index < -0.39 is 0 Å². The van der Waals surface area contributed by atoms with E-state index in [2.05, 4.69) is 10.3 Å². The molecule has 0 spiro atoms. The summed E-state index contributed by atoms with van der Waals surface area (Å²) in [4.78, 5) is 16.6. The minimum absolute atomic E-state index is 0.133. The largest absolute Gasteiger partial charge is 0.325 e. The third-order valence-electron chi connectivity index (χ3n) is 3.15. The van der Waals surface area contributed by atoms with E-state index in [1.54, 1.807) is 18.2 Å². The molecule has 128 valence electrons. The molecule has 0 aliphatic rings. The standard InChI is InChI=1S/C17H11Cl3N2OS2/c18-11-3-1-10(2-4-11)15-8-24-17(22-15)25-9-16(23)21-12-5-6-13(19)14(20)7-12/h1-8H,9H2,(H,21,23). The summed E-state index contributed by atoms with van der Waals surface area (Å²) in [6.45, 7) is 0. The normalized spacial score (nSPS) is 10.7. The van der Waals surface area contributed by atoms with Crippen molar-refractivity contribution in [3.8, 4) is 11.3 Å². The number of halogens is 3. The Bertz CT molecular complexity index is 897. The number of thioether (sulfide) groups is 1. The fourth-order valence-corrected chi connectivity index (χ4v) is 4.03. The van der Waals surface area contributed by atoms with Crippen LogP contribution in [0.15, 0.2) is 52.2 Å². The molecule has 1 heterocycles. The van der Waals surface area contributed by atoms with Crippen LogP contribution < -0.4 is 5.32 Å². The van der Waals surface area contributed by atoms with E-state index in [0.29, 0.717) is 20.8 Å². The van der Waals surface area contributed by atoms with E-state index >= 15 is 0 Å². The second kappa shape index (κ2) is 8.43. The fraction of sp³-hybridized carbons (Fsp3) is 0.0588. The molecule has 1 amide bonds. The summed E-state index contributed by atoms with van der Waals surface area (Å²) in [6, 6.07) is 12.5. The Morgan fingerprint density at radius 3 is 2.56 bits per heavy atom. The van der Waals surface area contributed by atoms with Crippen LogP contribution in [0.25, 0.3) is 11.3 Å². The Morgan fingerprint density at radius 2 is 1.84 bits per heavy atom. The predicted molar refractivity (Wildman–Crippen MR) is 108 cm³/mol. The molecule has 0 radical (unpaired) electrons. The van der Waals surface area contributed by atoms with Gasteiger partial charge in [0, 0.05) is 21.7 Å². The summed E-state index contributed by atoms with van der Waals surface area (Å²) in [6.07, 6.45) is 0. The molecular formula is C17H11Cl3N2OS2. The first-order valence-electron chi connectivity index (χ1n) is 7.10. The fourth-order valence-electron chi connectivity index (χ4n) is 1.98. The maximum atomic E-state index is 12.1. The topological polar surface area (TPSA) is 42.0 Å². The molecule has 8 heteroatoms. The van der Waals surface area contributed by atoms with Gasteiger partial charge in [0.25, 0.3) is 0 Å². The molecule has 25 heavy (non-hydrogen) atoms. The van der Waals surface area contributed by atoms with Crippen LogP contribution in [0.1, 0.15) is 0 Å². The number of amides is 1. The van der Waals surface area contributed by atoms with Gasteiger partial charge in [-0.15, -0.1) is 11.3 Å². The number of nitrogens with zero attached hydrogens (tertiary/aromatic N) is 1. The van der Waals surface area contributed by atoms with Crippen LogP contribution in [0, 0.1) is 0 Å². The van der Waals surface area contributed by atoms with Crippen molar-refractivity contribution < 1.29 is 4.79 Å². The summed E-state index contributed by atoms with van der Waals surface area (Å²) >= 11 is 20.6. The zero-order chi connectivity index (χ0) is 17.8. The van der Waals surface area contributed by atoms with Gasteiger partial charge in [0.2, 0.25) is 5.91 Å². The second-order valence-corrected chi connectivity index (χ2v) is 8.30. The average Bonchev–Trinajstić information content (AvgIpc) is 3.06. The number of hydrogen-bond acceptors (Lipinski definition) is 4. The van der Waals surface area contributed by atoms with E-state index in [4.69, 9.17) is 34.8 Å². The highest BCUT2D eigenvalue weighted by atomic mass is 35.5. The maximum absolute atomic E-state index is 12.1. The maximum Gasteiger partial charge on any atom is 0.234 e. The molecule has 3 nitrogen and oxygen atoms in total. The quantitative estimate of drug-likeness (QED) is 0.471. The number of thiazole rings is 1. The first-order valence-corrected chi connectivity index (χ1v) is 10.1. The molecule has 3 aromatic rings. The van der Waals surface area contributed by atoms with Gasteiger partial charge in [0.05, 0.1) is 21.5 Å². The highest BCUT2D eigenvalue weighted by Crippen LogP contribution is 2.29. The summed E-state index contributed by atoms with van der Waals surface area (Å²) in [5.74, 6) is 0.125. The highest BCUT2D eigenvalue weighted by Gasteiger charge is 2.09. The second-order valence-electron chi connectivity index (χ2n) is 4.97. The van der Waals surface area contributed by atoms with Crippen LogP contribution in [-0.2, 0) is 4.79 Å². The van der Waals surface area contributed by atoms with Gasteiger partial charge in [-0.05, 0) is 30.3 Å². The van der Waals surface area contributed by atoms with E-state index in [9.17, 15) is 4.79 Å². The van der Waals surface area contributed by atoms with Crippen LogP contribution in [0.4, 0.5) is 5.69 Å². The highest BCUT2D eigenvalue weighted by molar-refractivity contribution is 8.01. The minimum atomic E-state index is -0.133. The number of hydrogen-bond donors (Lipinski definition) is 1. The number of nitrogens with one attached hydrogen (secondary N) is 1. The molecule has 3 rings (SSSR count). The van der Waals surface area contributed by atoms with Crippen molar-refractivity contribution in [2.24, 2.45) is 0 Å². The van der Waals surface area contributed by atoms with Gasteiger partial charge in [-0.2, -0.15) is 0 Å². The lowest BCUT2D eigenvalue weighted by molar-refractivity contribution is -0.113. The third-order valence-corrected chi connectivity index (χ3v) is 6.17. The SMILES string of the molecule is O=C(CSc1nc(-c2ccc(Cl)cc2)cs1)Nc1ccc(Cl)c(Cl)c1. The summed E-state index contributed by atoms with van der Waals surface area (Å²) in [7, 11) is 0. The minimum Gasteiger partial charge on any atom is -0.325 e. The molecule has 0 bridgehead atoms. The van der Waals surface area contributed by atoms with Crippen molar-refractivity contribution in [3.63, 3.8) is 0 Å². The lowest BCUT2D eigenvalue weighted by Gasteiger charge is -2.05. The zero-order valence-corrected chi connectivity index (χ0v) is 16.5. The molecule has 0 atom stereocenters. The molecule has 1 aromatic heterocycles. The summed E-state index contributed by atoms with van der Waals surface area (Å²) in [5.41, 5.74) is 2.47. The average molecular weight is 430 g/mol. The molecule has 0 aliphatic heterocycles. The molecule has 0 saturated heterocycles. The Balaban J connectivity index is 1.57. The first-order chi connectivity index (χ1) is 12.0. The van der Waals surface area contributed by atoms with E-state index in [0.717, 1.165) is 15.6 Å². The summed E-state index contributed by atoms with van der Waals surface area (Å²) < 4.78 is 0.828. The van der Waals surface area contributed by atoms with Gasteiger partial charge in [-0.25, -0.2) is 4.98 Å². The van der Waals surface area contributed by atoms with Crippen LogP contribution in [0.2, 0.25) is 15.1 Å². The van der Waals surface area contributed by atoms with Crippen molar-refractivity contribution in [1.29, 1.82) is 0 Å². The lowest BCUT2D eigenvalue weighted by atomic mass is 10.2. The number of aromatic nitrogens is 1. The Hall–Kier alpha value is -1.24. The van der Waals surface area contributed by atoms with Crippen molar-refractivity contribution in [2.45, 2.75) is 4.34 Å². The number of rotatable bonds is 5. The third kappa shape index (κ3) is 5.12. The summed E-state index contributed by atoms with van der Waals surface area (Å²) in [5, 5.41) is 6.29. The number of anilines is 1. The molecule has 0 unspecified atom stereocenters. The molecule has 1 N–H and O–H groups in total. The molecular weight excluding hydrogens is 419 g/mol. The smallest absolute Gasteiger partial charge is 0.234 e. The molecule has 0 saturated carbocycles. The van der Waals surface area contributed by atoms with Crippen LogP contribution in [-0.4, -0.2) is 16.6 Å². The van der Waals surface area contributed by atoms with Gasteiger partial charge in [-0.3, -0.25) is 4.79 Å². The Labute approximate surface area is 168 Å². The van der Waals surface area contributed by atoms with Crippen molar-refractivity contribution in [3.05, 3.63) is 62.9 Å². The number of carbonyl (C=O) groups is 1. The van der Waals surface area contributed by atoms with Gasteiger partial charge < -0.3 is 5.32 Å². The number of benzene rings is 2. The molecule has 0 fully saturated rings. The number of carbonyl (C=O) groups excluding carboxylic acids is 1. The van der Waals surface area contributed by atoms with Gasteiger partial charge in [0.15, 0.2) is 4.34 Å². The van der Waals surface area contributed by atoms with E-state index in [1.165, 1.54) is 23.1 Å². The van der Waals surface area contributed by atoms with Crippen LogP contribution >= 0.6 is 57.9 Å². The molecule has 0 aliphatic carbocycles. The Morgan fingerprint density at radius 1 is 1.08 bits per heavy atom. The monoisotopic (exact) mass is 428 g/mol.